The molecule has 10 heavy (non-hydrogen) atoms. The van der Waals surface area contributed by atoms with Crippen molar-refractivity contribution in [3.05, 3.63) is 0 Å². The number of hydrogen-bond donors (Lipinski definition) is 0. The summed E-state index contributed by atoms with van der Waals surface area (Å²) in [6, 6.07) is 0. The number of hydrogen-bond acceptors (Lipinski definition) is 2. The van der Waals surface area contributed by atoms with Crippen molar-refractivity contribution in [2.45, 2.75) is 26.7 Å². The third kappa shape index (κ3) is 5.29. The van der Waals surface area contributed by atoms with E-state index in [0.717, 1.165) is 0 Å². The van der Waals surface area contributed by atoms with Gasteiger partial charge in [-0.25, -0.2) is 4.52 Å². The minimum absolute atomic E-state index is 0.592. The zero-order valence-electron chi connectivity index (χ0n) is 6.72. The van der Waals surface area contributed by atoms with Crippen LogP contribution < -0.4 is 0 Å². The van der Waals surface area contributed by atoms with E-state index in [0.29, 0.717) is 8.88 Å². The maximum absolute atomic E-state index is 3.93. The summed E-state index contributed by atoms with van der Waals surface area (Å²) in [5.74, 6) is 0. The molecule has 0 aliphatic heterocycles. The van der Waals surface area contributed by atoms with Crippen molar-refractivity contribution >= 4 is 17.9 Å². The molecular weight excluding hydrogens is 162 g/mol. The summed E-state index contributed by atoms with van der Waals surface area (Å²) >= 11 is 0. The van der Waals surface area contributed by atoms with Crippen molar-refractivity contribution in [3.63, 3.8) is 0 Å². The quantitative estimate of drug-likeness (QED) is 0.571. The highest BCUT2D eigenvalue weighted by Crippen LogP contribution is 2.20. The molecule has 0 fully saturated rings. The normalized spacial score (nSPS) is 11.5. The first-order chi connectivity index (χ1) is 4.85. The van der Waals surface area contributed by atoms with E-state index in [1.165, 1.54) is 25.9 Å². The maximum Gasteiger partial charge on any atom is 0.0791 e. The monoisotopic (exact) mass is 178 g/mol. The Balaban J connectivity index is 3.38. The fraction of sp³-hybridized carbons (Fsp3) is 1.00. The van der Waals surface area contributed by atoms with Gasteiger partial charge >= 0.3 is 0 Å². The van der Waals surface area contributed by atoms with Gasteiger partial charge in [-0.2, -0.15) is 0 Å². The molecule has 0 bridgehead atoms. The lowest BCUT2D eigenvalue weighted by molar-refractivity contribution is 0.460. The largest absolute Gasteiger partial charge is 0.266 e. The molecule has 0 aromatic rings. The van der Waals surface area contributed by atoms with Gasteiger partial charge < -0.3 is 0 Å². The van der Waals surface area contributed by atoms with Crippen LogP contribution >= 0.6 is 17.9 Å². The zero-order valence-corrected chi connectivity index (χ0v) is 8.72. The van der Waals surface area contributed by atoms with Crippen LogP contribution in [0, 0.1) is 0 Å². The molecule has 60 valence electrons. The van der Waals surface area contributed by atoms with E-state index in [2.05, 4.69) is 32.1 Å². The Labute approximate surface area is 67.6 Å². The fourth-order valence-electron chi connectivity index (χ4n) is 0.822. The first-order valence-electron chi connectivity index (χ1n) is 3.72. The Kier molecular flexibility index (Phi) is 7.97. The molecular formula is C6H16N2P2. The van der Waals surface area contributed by atoms with Gasteiger partial charge in [0.15, 0.2) is 0 Å². The number of rotatable bonds is 6. The van der Waals surface area contributed by atoms with Crippen LogP contribution in [0.15, 0.2) is 4.52 Å². The second-order valence-corrected chi connectivity index (χ2v) is 3.93. The highest BCUT2D eigenvalue weighted by atomic mass is 31.1. The summed E-state index contributed by atoms with van der Waals surface area (Å²) in [5.41, 5.74) is 0. The smallest absolute Gasteiger partial charge is 0.0791 e. The predicted octanol–water partition coefficient (Wildman–Crippen LogP) is 2.94. The first-order valence-corrected chi connectivity index (χ1v) is 5.06. The highest BCUT2D eigenvalue weighted by Gasteiger charge is 1.98. The molecule has 0 heterocycles. The molecule has 1 atom stereocenters. The van der Waals surface area contributed by atoms with Crippen LogP contribution in [0.2, 0.25) is 0 Å². The molecule has 0 spiro atoms. The van der Waals surface area contributed by atoms with E-state index in [9.17, 15) is 0 Å². The van der Waals surface area contributed by atoms with E-state index in [4.69, 9.17) is 0 Å². The van der Waals surface area contributed by atoms with Crippen LogP contribution in [0.4, 0.5) is 0 Å². The Morgan fingerprint density at radius 3 is 2.10 bits per heavy atom. The third-order valence-corrected chi connectivity index (χ3v) is 2.31. The average Bonchev–Trinajstić information content (AvgIpc) is 1.90. The van der Waals surface area contributed by atoms with E-state index in [1.807, 2.05) is 0 Å². The fourth-order valence-corrected chi connectivity index (χ4v) is 2.04. The van der Waals surface area contributed by atoms with E-state index in [-0.39, 0.29) is 0 Å². The summed E-state index contributed by atoms with van der Waals surface area (Å²) in [4.78, 5) is 0. The standard InChI is InChI=1S/C6H16N2P2/c1-3-5-8(6-4-2)10-7-9/h9-10H,3-6H2,1-2H3. The maximum atomic E-state index is 3.93. The van der Waals surface area contributed by atoms with Crippen molar-refractivity contribution in [2.75, 3.05) is 13.1 Å². The van der Waals surface area contributed by atoms with Crippen LogP contribution in [-0.4, -0.2) is 17.8 Å². The zero-order chi connectivity index (χ0) is 7.82. The van der Waals surface area contributed by atoms with E-state index >= 15 is 0 Å². The molecule has 0 aliphatic rings. The van der Waals surface area contributed by atoms with Crippen molar-refractivity contribution in [2.24, 2.45) is 4.52 Å². The minimum Gasteiger partial charge on any atom is -0.266 e. The molecule has 0 aliphatic carbocycles. The van der Waals surface area contributed by atoms with Gasteiger partial charge in [0.05, 0.1) is 8.88 Å². The molecule has 0 N–H and O–H groups in total. The van der Waals surface area contributed by atoms with Crippen LogP contribution in [0.3, 0.4) is 0 Å². The second kappa shape index (κ2) is 7.60. The van der Waals surface area contributed by atoms with Gasteiger partial charge in [0, 0.05) is 13.1 Å². The van der Waals surface area contributed by atoms with Crippen molar-refractivity contribution in [1.82, 2.24) is 4.67 Å². The van der Waals surface area contributed by atoms with Gasteiger partial charge in [-0.05, 0) is 21.9 Å². The molecule has 0 saturated carbocycles. The molecule has 4 heteroatoms. The summed E-state index contributed by atoms with van der Waals surface area (Å²) in [7, 11) is 3.72. The average molecular weight is 178 g/mol. The van der Waals surface area contributed by atoms with Gasteiger partial charge in [-0.3, -0.25) is 4.67 Å². The van der Waals surface area contributed by atoms with Gasteiger partial charge in [-0.15, -0.1) is 0 Å². The Morgan fingerprint density at radius 2 is 1.80 bits per heavy atom. The summed E-state index contributed by atoms with van der Waals surface area (Å²) < 4.78 is 6.29. The van der Waals surface area contributed by atoms with Gasteiger partial charge in [0.1, 0.15) is 0 Å². The molecule has 0 rings (SSSR count). The lowest BCUT2D eigenvalue weighted by atomic mass is 10.4. The predicted molar refractivity (Wildman–Crippen MR) is 51.2 cm³/mol. The Bertz CT molecular complexity index is 81.8. The lowest BCUT2D eigenvalue weighted by Crippen LogP contribution is -2.14. The topological polar surface area (TPSA) is 15.6 Å². The summed E-state index contributed by atoms with van der Waals surface area (Å²) in [6.07, 6.45) is 2.43. The molecule has 0 radical (unpaired) electrons. The summed E-state index contributed by atoms with van der Waals surface area (Å²) in [6.45, 7) is 6.72. The summed E-state index contributed by atoms with van der Waals surface area (Å²) in [5, 5.41) is 0. The van der Waals surface area contributed by atoms with E-state index < -0.39 is 0 Å². The number of nitrogens with zero attached hydrogens (tertiary/aromatic N) is 2. The highest BCUT2D eigenvalue weighted by molar-refractivity contribution is 7.38. The third-order valence-electron chi connectivity index (χ3n) is 1.18. The molecule has 1 unspecified atom stereocenters. The van der Waals surface area contributed by atoms with Crippen molar-refractivity contribution in [3.8, 4) is 0 Å². The van der Waals surface area contributed by atoms with E-state index in [1.54, 1.807) is 0 Å². The van der Waals surface area contributed by atoms with Gasteiger partial charge in [0.2, 0.25) is 0 Å². The lowest BCUT2D eigenvalue weighted by Gasteiger charge is -2.16. The molecule has 0 amide bonds. The molecule has 0 saturated heterocycles. The van der Waals surface area contributed by atoms with Crippen molar-refractivity contribution < 1.29 is 0 Å². The SMILES string of the molecule is CCCN(CCC)PN=P. The Morgan fingerprint density at radius 1 is 1.30 bits per heavy atom. The van der Waals surface area contributed by atoms with Crippen LogP contribution in [0.25, 0.3) is 0 Å². The second-order valence-electron chi connectivity index (χ2n) is 2.20. The van der Waals surface area contributed by atoms with Crippen LogP contribution in [-0.2, 0) is 0 Å². The molecule has 0 aromatic carbocycles. The minimum atomic E-state index is 0.592. The van der Waals surface area contributed by atoms with Crippen LogP contribution in [0.5, 0.6) is 0 Å². The molecule has 0 aromatic heterocycles. The molecule has 2 nitrogen and oxygen atoms in total. The Hall–Kier alpha value is 0.490. The van der Waals surface area contributed by atoms with Gasteiger partial charge in [-0.1, -0.05) is 13.8 Å². The first kappa shape index (κ1) is 10.5. The van der Waals surface area contributed by atoms with Crippen LogP contribution in [0.1, 0.15) is 26.7 Å². The van der Waals surface area contributed by atoms with Gasteiger partial charge in [0.25, 0.3) is 0 Å². The van der Waals surface area contributed by atoms with Crippen molar-refractivity contribution in [1.29, 1.82) is 0 Å².